The number of ether oxygens (including phenoxy) is 3. The normalized spacial score (nSPS) is 13.5. The fraction of sp³-hybridized carbons (Fsp3) is 0.242. The van der Waals surface area contributed by atoms with E-state index in [0.29, 0.717) is 51.5 Å². The van der Waals surface area contributed by atoms with Crippen LogP contribution in [0.5, 0.6) is 11.5 Å². The standard InChI is InChI=1S/C33H31NO5/c1-22-14-15-24-21-29(22)28-11-5-10-26-27(32(33(35)36)34(31(26)28)16-18-37-19-20-38-24)12-6-17-39-30-13-4-8-23-7-2-3-9-25(23)30/h2-5,7-11,13-15,21H,6,12,16-20H2,1H3,(H,35,36). The highest BCUT2D eigenvalue weighted by atomic mass is 16.5. The van der Waals surface area contributed by atoms with Gasteiger partial charge in [-0.25, -0.2) is 4.79 Å². The average Bonchev–Trinajstić information content (AvgIpc) is 3.27. The van der Waals surface area contributed by atoms with Gasteiger partial charge in [-0.3, -0.25) is 0 Å². The summed E-state index contributed by atoms with van der Waals surface area (Å²) in [6.45, 7) is 4.29. The third-order valence-corrected chi connectivity index (χ3v) is 7.42. The van der Waals surface area contributed by atoms with Crippen molar-refractivity contribution in [2.75, 3.05) is 26.4 Å². The molecule has 4 aromatic carbocycles. The number of carboxylic acid groups (broad SMARTS) is 1. The van der Waals surface area contributed by atoms with Crippen molar-refractivity contribution in [1.82, 2.24) is 4.57 Å². The lowest BCUT2D eigenvalue weighted by Gasteiger charge is -2.16. The lowest BCUT2D eigenvalue weighted by atomic mass is 9.96. The van der Waals surface area contributed by atoms with Crippen molar-refractivity contribution in [3.63, 3.8) is 0 Å². The number of aryl methyl sites for hydroxylation is 2. The van der Waals surface area contributed by atoms with Gasteiger partial charge in [0.2, 0.25) is 0 Å². The van der Waals surface area contributed by atoms with Gasteiger partial charge < -0.3 is 23.9 Å². The first-order valence-corrected chi connectivity index (χ1v) is 13.4. The van der Waals surface area contributed by atoms with E-state index in [-0.39, 0.29) is 0 Å². The molecule has 0 saturated heterocycles. The molecule has 0 unspecified atom stereocenters. The van der Waals surface area contributed by atoms with Gasteiger partial charge in [-0.05, 0) is 60.0 Å². The number of carbonyl (C=O) groups is 1. The molecular formula is C33H31NO5. The van der Waals surface area contributed by atoms with E-state index in [1.54, 1.807) is 0 Å². The van der Waals surface area contributed by atoms with Crippen LogP contribution >= 0.6 is 0 Å². The molecule has 0 atom stereocenters. The van der Waals surface area contributed by atoms with Gasteiger partial charge in [0.1, 0.15) is 23.8 Å². The molecular weight excluding hydrogens is 490 g/mol. The highest BCUT2D eigenvalue weighted by molar-refractivity contribution is 6.04. The molecule has 6 heteroatoms. The Hall–Kier alpha value is -4.29. The molecule has 1 N–H and O–H groups in total. The first-order valence-electron chi connectivity index (χ1n) is 13.4. The minimum Gasteiger partial charge on any atom is -0.493 e. The third-order valence-electron chi connectivity index (χ3n) is 7.42. The highest BCUT2D eigenvalue weighted by Gasteiger charge is 2.25. The first-order chi connectivity index (χ1) is 19.1. The molecule has 6 nitrogen and oxygen atoms in total. The predicted octanol–water partition coefficient (Wildman–Crippen LogP) is 6.89. The van der Waals surface area contributed by atoms with Crippen LogP contribution in [-0.4, -0.2) is 42.1 Å². The summed E-state index contributed by atoms with van der Waals surface area (Å²) in [4.78, 5) is 12.7. The molecule has 0 aliphatic carbocycles. The van der Waals surface area contributed by atoms with Crippen molar-refractivity contribution in [3.05, 3.63) is 95.7 Å². The molecule has 6 rings (SSSR count). The van der Waals surface area contributed by atoms with Crippen molar-refractivity contribution >= 4 is 27.6 Å². The number of hydrogen-bond donors (Lipinski definition) is 1. The van der Waals surface area contributed by atoms with E-state index in [1.807, 2.05) is 59.2 Å². The zero-order valence-electron chi connectivity index (χ0n) is 22.0. The van der Waals surface area contributed by atoms with Gasteiger partial charge in [-0.1, -0.05) is 60.7 Å². The Kier molecular flexibility index (Phi) is 6.95. The van der Waals surface area contributed by atoms with Crippen molar-refractivity contribution < 1.29 is 24.1 Å². The van der Waals surface area contributed by atoms with Crippen LogP contribution < -0.4 is 9.47 Å². The van der Waals surface area contributed by atoms with E-state index in [4.69, 9.17) is 14.2 Å². The van der Waals surface area contributed by atoms with E-state index >= 15 is 0 Å². The molecule has 1 aliphatic rings. The topological polar surface area (TPSA) is 69.9 Å². The summed E-state index contributed by atoms with van der Waals surface area (Å²) in [5.41, 5.74) is 5.23. The fourth-order valence-electron chi connectivity index (χ4n) is 5.63. The minimum atomic E-state index is -0.928. The Morgan fingerprint density at radius 1 is 0.923 bits per heavy atom. The molecule has 0 saturated carbocycles. The summed E-state index contributed by atoms with van der Waals surface area (Å²) in [6, 6.07) is 26.4. The molecule has 0 spiro atoms. The zero-order chi connectivity index (χ0) is 26.8. The molecule has 1 aliphatic heterocycles. The second kappa shape index (κ2) is 10.8. The van der Waals surface area contributed by atoms with Crippen LogP contribution in [-0.2, 0) is 17.7 Å². The van der Waals surface area contributed by atoms with E-state index in [2.05, 4.69) is 31.2 Å². The summed E-state index contributed by atoms with van der Waals surface area (Å²) in [7, 11) is 0. The summed E-state index contributed by atoms with van der Waals surface area (Å²) < 4.78 is 19.8. The van der Waals surface area contributed by atoms with Gasteiger partial charge >= 0.3 is 5.97 Å². The summed E-state index contributed by atoms with van der Waals surface area (Å²) in [5.74, 6) is 0.693. The van der Waals surface area contributed by atoms with Gasteiger partial charge in [-0.2, -0.15) is 0 Å². The average molecular weight is 522 g/mol. The molecule has 198 valence electrons. The number of para-hydroxylation sites is 1. The molecule has 2 heterocycles. The second-order valence-corrected chi connectivity index (χ2v) is 9.85. The van der Waals surface area contributed by atoms with Gasteiger partial charge in [-0.15, -0.1) is 0 Å². The van der Waals surface area contributed by atoms with Gasteiger partial charge in [0.05, 0.1) is 25.3 Å². The fourth-order valence-corrected chi connectivity index (χ4v) is 5.63. The second-order valence-electron chi connectivity index (χ2n) is 9.85. The summed E-state index contributed by atoms with van der Waals surface area (Å²) >= 11 is 0. The van der Waals surface area contributed by atoms with E-state index in [1.165, 1.54) is 0 Å². The predicted molar refractivity (Wildman–Crippen MR) is 153 cm³/mol. The molecule has 5 aromatic rings. The number of carboxylic acids is 1. The maximum atomic E-state index is 12.7. The molecule has 0 radical (unpaired) electrons. The maximum absolute atomic E-state index is 12.7. The van der Waals surface area contributed by atoms with Crippen molar-refractivity contribution in [2.24, 2.45) is 0 Å². The quantitative estimate of drug-likeness (QED) is 0.247. The summed E-state index contributed by atoms with van der Waals surface area (Å²) in [5, 5.41) is 13.6. The SMILES string of the molecule is Cc1ccc2cc1-c1cccc3c(CCCOc4cccc5ccccc45)c(C(=O)O)n(c13)CCOCCO2. The number of nitrogens with zero attached hydrogens (tertiary/aromatic N) is 1. The number of benzene rings is 4. The Labute approximate surface area is 227 Å². The van der Waals surface area contributed by atoms with Crippen LogP contribution in [0, 0.1) is 6.92 Å². The van der Waals surface area contributed by atoms with E-state index < -0.39 is 5.97 Å². The largest absolute Gasteiger partial charge is 0.493 e. The molecule has 2 bridgehead atoms. The van der Waals surface area contributed by atoms with Gasteiger partial charge in [0.25, 0.3) is 0 Å². The molecule has 0 amide bonds. The maximum Gasteiger partial charge on any atom is 0.352 e. The number of rotatable bonds is 6. The highest BCUT2D eigenvalue weighted by Crippen LogP contribution is 2.38. The Bertz CT molecular complexity index is 1660. The first kappa shape index (κ1) is 25.0. The smallest absolute Gasteiger partial charge is 0.352 e. The van der Waals surface area contributed by atoms with E-state index in [9.17, 15) is 9.90 Å². The van der Waals surface area contributed by atoms with Crippen LogP contribution in [0.4, 0.5) is 0 Å². The van der Waals surface area contributed by atoms with Crippen LogP contribution in [0.3, 0.4) is 0 Å². The van der Waals surface area contributed by atoms with E-state index in [0.717, 1.165) is 55.4 Å². The monoisotopic (exact) mass is 521 g/mol. The Balaban J connectivity index is 1.38. The Morgan fingerprint density at radius 3 is 2.64 bits per heavy atom. The molecule has 1 aromatic heterocycles. The van der Waals surface area contributed by atoms with Crippen LogP contribution in [0.15, 0.2) is 78.9 Å². The zero-order valence-corrected chi connectivity index (χ0v) is 22.0. The molecule has 39 heavy (non-hydrogen) atoms. The number of aromatic carboxylic acids is 1. The van der Waals surface area contributed by atoms with Crippen molar-refractivity contribution in [3.8, 4) is 22.6 Å². The van der Waals surface area contributed by atoms with Gasteiger partial charge in [0, 0.05) is 22.9 Å². The van der Waals surface area contributed by atoms with Crippen LogP contribution in [0.2, 0.25) is 0 Å². The van der Waals surface area contributed by atoms with Gasteiger partial charge in [0.15, 0.2) is 0 Å². The summed E-state index contributed by atoms with van der Waals surface area (Å²) in [6.07, 6.45) is 1.27. The lowest BCUT2D eigenvalue weighted by molar-refractivity contribution is 0.0675. The number of aromatic nitrogens is 1. The van der Waals surface area contributed by atoms with Crippen molar-refractivity contribution in [1.29, 1.82) is 0 Å². The van der Waals surface area contributed by atoms with Crippen LogP contribution in [0.1, 0.15) is 28.0 Å². The Morgan fingerprint density at radius 2 is 1.74 bits per heavy atom. The minimum absolute atomic E-state index is 0.327. The number of fused-ring (bicyclic) bond motifs is 4. The lowest BCUT2D eigenvalue weighted by Crippen LogP contribution is -2.16. The van der Waals surface area contributed by atoms with Crippen LogP contribution in [0.25, 0.3) is 32.8 Å². The molecule has 0 fully saturated rings. The van der Waals surface area contributed by atoms with Crippen molar-refractivity contribution in [2.45, 2.75) is 26.3 Å². The third kappa shape index (κ3) is 4.84. The number of hydrogen-bond acceptors (Lipinski definition) is 4.